The Bertz CT molecular complexity index is 642. The normalized spacial score (nSPS) is 13.1. The number of aliphatic hydroxyl groups is 1. The molecule has 118 valence electrons. The molecule has 1 atom stereocenters. The Hall–Kier alpha value is -1.58. The highest BCUT2D eigenvalue weighted by Crippen LogP contribution is 2.36. The molecule has 2 heterocycles. The third-order valence-electron chi connectivity index (χ3n) is 2.97. The maximum absolute atomic E-state index is 10.9. The van der Waals surface area contributed by atoms with Crippen molar-refractivity contribution in [3.8, 4) is 0 Å². The molecule has 8 N–H and O–H groups in total. The van der Waals surface area contributed by atoms with Crippen molar-refractivity contribution in [3.05, 3.63) is 12.7 Å². The number of aliphatic hydroxyl groups excluding tert-OH is 1. The molecule has 2 rings (SSSR count). The molecule has 0 bridgehead atoms. The van der Waals surface area contributed by atoms with Gasteiger partial charge in [-0.1, -0.05) is 0 Å². The van der Waals surface area contributed by atoms with Gasteiger partial charge >= 0.3 is 7.60 Å². The fourth-order valence-corrected chi connectivity index (χ4v) is 2.60. The van der Waals surface area contributed by atoms with Crippen LogP contribution in [0.15, 0.2) is 12.7 Å². The third kappa shape index (κ3) is 4.45. The van der Waals surface area contributed by atoms with Gasteiger partial charge in [-0.05, 0) is 6.42 Å². The van der Waals surface area contributed by atoms with Crippen molar-refractivity contribution >= 4 is 24.6 Å². The molecule has 0 fully saturated rings. The largest absolute Gasteiger partial charge is 0.396 e. The maximum atomic E-state index is 10.9. The zero-order valence-electron chi connectivity index (χ0n) is 11.3. The Kier molecular flexibility index (Phi) is 5.76. The van der Waals surface area contributed by atoms with Crippen molar-refractivity contribution in [1.29, 1.82) is 0 Å². The second-order valence-corrected chi connectivity index (χ2v) is 6.33. The molecule has 0 aliphatic carbocycles. The summed E-state index contributed by atoms with van der Waals surface area (Å²) < 4.78 is 12.6. The summed E-state index contributed by atoms with van der Waals surface area (Å²) in [7, 11) is -4.06. The van der Waals surface area contributed by atoms with Gasteiger partial charge in [0.2, 0.25) is 0 Å². The SMILES string of the molecule is N.Nc1ncnc2c1ncn2CC(CO)CCP(=O)(O)O. The highest BCUT2D eigenvalue weighted by molar-refractivity contribution is 7.51. The number of hydrogen-bond donors (Lipinski definition) is 5. The predicted molar refractivity (Wildman–Crippen MR) is 76.9 cm³/mol. The number of aromatic nitrogens is 4. The number of fused-ring (bicyclic) bond motifs is 1. The number of imidazole rings is 1. The zero-order valence-corrected chi connectivity index (χ0v) is 12.2. The molecule has 0 aliphatic heterocycles. The summed E-state index contributed by atoms with van der Waals surface area (Å²) in [5.41, 5.74) is 6.68. The number of nitrogens with two attached hydrogens (primary N) is 1. The number of nitrogen functional groups attached to an aromatic ring is 1. The molecule has 0 radical (unpaired) electrons. The Morgan fingerprint density at radius 3 is 2.67 bits per heavy atom. The highest BCUT2D eigenvalue weighted by Gasteiger charge is 2.18. The standard InChI is InChI=1S/C10H16N5O4P.H3N/c11-9-8-10(13-5-12-9)15(6-14-8)3-7(4-16)1-2-20(17,18)19;/h5-7,16H,1-4H2,(H2,11,12,13)(H2,17,18,19);1H3. The van der Waals surface area contributed by atoms with Crippen molar-refractivity contribution in [3.63, 3.8) is 0 Å². The average Bonchev–Trinajstić information content (AvgIpc) is 2.78. The summed E-state index contributed by atoms with van der Waals surface area (Å²) >= 11 is 0. The lowest BCUT2D eigenvalue weighted by Gasteiger charge is -2.15. The van der Waals surface area contributed by atoms with Gasteiger partial charge < -0.3 is 31.3 Å². The number of rotatable bonds is 6. The summed E-state index contributed by atoms with van der Waals surface area (Å²) in [4.78, 5) is 29.7. The molecule has 21 heavy (non-hydrogen) atoms. The molecule has 0 aromatic carbocycles. The lowest BCUT2D eigenvalue weighted by atomic mass is 10.1. The summed E-state index contributed by atoms with van der Waals surface area (Å²) in [6, 6.07) is 0. The van der Waals surface area contributed by atoms with Gasteiger partial charge in [-0.3, -0.25) is 4.57 Å². The first-order valence-corrected chi connectivity index (χ1v) is 7.77. The monoisotopic (exact) mass is 318 g/mol. The van der Waals surface area contributed by atoms with Crippen LogP contribution in [0.25, 0.3) is 11.2 Å². The van der Waals surface area contributed by atoms with E-state index in [-0.39, 0.29) is 37.1 Å². The van der Waals surface area contributed by atoms with E-state index in [2.05, 4.69) is 15.0 Å². The fraction of sp³-hybridized carbons (Fsp3) is 0.500. The minimum atomic E-state index is -4.06. The average molecular weight is 318 g/mol. The van der Waals surface area contributed by atoms with E-state index in [9.17, 15) is 9.67 Å². The van der Waals surface area contributed by atoms with Crippen LogP contribution in [0.1, 0.15) is 6.42 Å². The first-order chi connectivity index (χ1) is 9.40. The minimum absolute atomic E-state index is 0. The molecule has 0 aliphatic rings. The first-order valence-electron chi connectivity index (χ1n) is 5.97. The van der Waals surface area contributed by atoms with Crippen LogP contribution in [0.2, 0.25) is 0 Å². The van der Waals surface area contributed by atoms with Crippen LogP contribution in [0, 0.1) is 5.92 Å². The van der Waals surface area contributed by atoms with Gasteiger partial charge in [0.1, 0.15) is 11.8 Å². The zero-order chi connectivity index (χ0) is 14.8. The molecule has 2 aromatic rings. The molecule has 0 saturated heterocycles. The van der Waals surface area contributed by atoms with Gasteiger partial charge in [-0.25, -0.2) is 15.0 Å². The minimum Gasteiger partial charge on any atom is -0.396 e. The van der Waals surface area contributed by atoms with E-state index in [0.717, 1.165) is 0 Å². The Morgan fingerprint density at radius 1 is 1.33 bits per heavy atom. The lowest BCUT2D eigenvalue weighted by molar-refractivity contribution is 0.206. The summed E-state index contributed by atoms with van der Waals surface area (Å²) in [6.07, 6.45) is 2.79. The fourth-order valence-electron chi connectivity index (χ4n) is 1.90. The van der Waals surface area contributed by atoms with Gasteiger partial charge in [-0.2, -0.15) is 0 Å². The van der Waals surface area contributed by atoms with Gasteiger partial charge in [0, 0.05) is 19.1 Å². The Balaban J connectivity index is 0.00000220. The van der Waals surface area contributed by atoms with Gasteiger partial charge in [0.25, 0.3) is 0 Å². The summed E-state index contributed by atoms with van der Waals surface area (Å²) in [5, 5.41) is 9.30. The molecule has 0 amide bonds. The summed E-state index contributed by atoms with van der Waals surface area (Å²) in [6.45, 7) is 0.170. The van der Waals surface area contributed by atoms with E-state index in [1.807, 2.05) is 0 Å². The summed E-state index contributed by atoms with van der Waals surface area (Å²) in [5.74, 6) is -0.0271. The Labute approximate surface area is 120 Å². The van der Waals surface area contributed by atoms with Crippen LogP contribution < -0.4 is 11.9 Å². The molecular weight excluding hydrogens is 299 g/mol. The molecule has 10 nitrogen and oxygen atoms in total. The first kappa shape index (κ1) is 17.5. The van der Waals surface area contributed by atoms with Crippen molar-refractivity contribution < 1.29 is 19.5 Å². The van der Waals surface area contributed by atoms with Crippen LogP contribution in [-0.4, -0.2) is 47.2 Å². The lowest BCUT2D eigenvalue weighted by Crippen LogP contribution is -2.16. The quantitative estimate of drug-likeness (QED) is 0.448. The van der Waals surface area contributed by atoms with Gasteiger partial charge in [0.15, 0.2) is 11.5 Å². The number of hydrogen-bond acceptors (Lipinski definition) is 7. The molecule has 0 spiro atoms. The highest BCUT2D eigenvalue weighted by atomic mass is 31.2. The van der Waals surface area contributed by atoms with E-state index in [1.165, 1.54) is 12.7 Å². The number of nitrogens with zero attached hydrogens (tertiary/aromatic N) is 4. The second kappa shape index (κ2) is 6.92. The molecule has 2 aromatic heterocycles. The van der Waals surface area contributed by atoms with Crippen LogP contribution in [-0.2, 0) is 11.1 Å². The van der Waals surface area contributed by atoms with Gasteiger partial charge in [-0.15, -0.1) is 0 Å². The van der Waals surface area contributed by atoms with Crippen molar-refractivity contribution in [1.82, 2.24) is 25.7 Å². The molecule has 11 heteroatoms. The maximum Gasteiger partial charge on any atom is 0.325 e. The van der Waals surface area contributed by atoms with Crippen LogP contribution >= 0.6 is 7.60 Å². The molecular formula is C10H19N6O4P. The van der Waals surface area contributed by atoms with Crippen molar-refractivity contribution in [2.75, 3.05) is 18.5 Å². The number of anilines is 1. The predicted octanol–water partition coefficient (Wildman–Crippen LogP) is -0.253. The van der Waals surface area contributed by atoms with Crippen LogP contribution in [0.4, 0.5) is 5.82 Å². The molecule has 1 unspecified atom stereocenters. The second-order valence-electron chi connectivity index (χ2n) is 4.55. The van der Waals surface area contributed by atoms with Crippen LogP contribution in [0.5, 0.6) is 0 Å². The topological polar surface area (TPSA) is 182 Å². The van der Waals surface area contributed by atoms with Gasteiger partial charge in [0.05, 0.1) is 12.5 Å². The van der Waals surface area contributed by atoms with E-state index in [0.29, 0.717) is 17.7 Å². The smallest absolute Gasteiger partial charge is 0.325 e. The van der Waals surface area contributed by atoms with Crippen molar-refractivity contribution in [2.24, 2.45) is 5.92 Å². The molecule has 0 saturated carbocycles. The van der Waals surface area contributed by atoms with E-state index in [1.54, 1.807) is 4.57 Å². The van der Waals surface area contributed by atoms with Crippen LogP contribution in [0.3, 0.4) is 0 Å². The Morgan fingerprint density at radius 2 is 2.05 bits per heavy atom. The van der Waals surface area contributed by atoms with E-state index >= 15 is 0 Å². The van der Waals surface area contributed by atoms with E-state index < -0.39 is 7.60 Å². The third-order valence-corrected chi connectivity index (χ3v) is 3.81. The van der Waals surface area contributed by atoms with Crippen molar-refractivity contribution in [2.45, 2.75) is 13.0 Å². The van der Waals surface area contributed by atoms with E-state index in [4.69, 9.17) is 15.5 Å².